The highest BCUT2D eigenvalue weighted by Crippen LogP contribution is 2.34. The summed E-state index contributed by atoms with van der Waals surface area (Å²) in [6.07, 6.45) is 1.16. The van der Waals surface area contributed by atoms with Crippen LogP contribution in [0.1, 0.15) is 0 Å². The highest BCUT2D eigenvalue weighted by Gasteiger charge is 2.30. The summed E-state index contributed by atoms with van der Waals surface area (Å²) in [5, 5.41) is 3.24. The van der Waals surface area contributed by atoms with Gasteiger partial charge >= 0.3 is 0 Å². The number of carbonyl (C=O) groups excluding carboxylic acids is 1. The molecule has 1 aromatic rings. The SMILES string of the molecule is CS(=O)c1ccc2c(c1)OCC(C(=C=O)N1CCNCC1)O2. The number of ether oxygens (including phenoxy) is 2. The molecule has 0 spiro atoms. The highest BCUT2D eigenvalue weighted by molar-refractivity contribution is 7.84. The third kappa shape index (κ3) is 3.02. The summed E-state index contributed by atoms with van der Waals surface area (Å²) in [6, 6.07) is 5.20. The first-order chi connectivity index (χ1) is 10.7. The van der Waals surface area contributed by atoms with Gasteiger partial charge in [-0.1, -0.05) is 0 Å². The molecule has 2 atom stereocenters. The van der Waals surface area contributed by atoms with Gasteiger partial charge in [-0.15, -0.1) is 0 Å². The van der Waals surface area contributed by atoms with Gasteiger partial charge in [0.1, 0.15) is 18.2 Å². The summed E-state index contributed by atoms with van der Waals surface area (Å²) in [4.78, 5) is 14.0. The van der Waals surface area contributed by atoms with Crippen molar-refractivity contribution in [3.05, 3.63) is 23.9 Å². The number of hydrogen-bond donors (Lipinski definition) is 1. The van der Waals surface area contributed by atoms with Crippen molar-refractivity contribution in [2.75, 3.05) is 39.0 Å². The van der Waals surface area contributed by atoms with Gasteiger partial charge in [-0.25, -0.2) is 4.79 Å². The van der Waals surface area contributed by atoms with Crippen molar-refractivity contribution in [2.24, 2.45) is 0 Å². The Labute approximate surface area is 131 Å². The molecule has 0 saturated carbocycles. The van der Waals surface area contributed by atoms with Gasteiger partial charge in [-0.3, -0.25) is 4.21 Å². The van der Waals surface area contributed by atoms with Gasteiger partial charge in [0.25, 0.3) is 0 Å². The molecule has 1 fully saturated rings. The largest absolute Gasteiger partial charge is 0.485 e. The zero-order valence-electron chi connectivity index (χ0n) is 12.3. The molecule has 22 heavy (non-hydrogen) atoms. The summed E-state index contributed by atoms with van der Waals surface area (Å²) in [5.74, 6) is 3.14. The molecule has 3 rings (SSSR count). The minimum Gasteiger partial charge on any atom is -0.485 e. The van der Waals surface area contributed by atoms with Gasteiger partial charge in [0.15, 0.2) is 17.6 Å². The van der Waals surface area contributed by atoms with E-state index in [-0.39, 0.29) is 6.61 Å². The molecule has 2 unspecified atom stereocenters. The maximum atomic E-state index is 11.5. The fourth-order valence-corrected chi connectivity index (χ4v) is 3.14. The smallest absolute Gasteiger partial charge is 0.183 e. The van der Waals surface area contributed by atoms with Crippen LogP contribution in [0.4, 0.5) is 0 Å². The fourth-order valence-electron chi connectivity index (χ4n) is 2.60. The second-order valence-electron chi connectivity index (χ2n) is 5.20. The van der Waals surface area contributed by atoms with Crippen LogP contribution in [0.2, 0.25) is 0 Å². The average Bonchev–Trinajstić information content (AvgIpc) is 2.56. The highest BCUT2D eigenvalue weighted by atomic mass is 32.2. The second-order valence-corrected chi connectivity index (χ2v) is 6.58. The predicted octanol–water partition coefficient (Wildman–Crippen LogP) is 0.184. The van der Waals surface area contributed by atoms with Crippen molar-refractivity contribution >= 4 is 16.7 Å². The molecule has 0 radical (unpaired) electrons. The van der Waals surface area contributed by atoms with E-state index in [1.165, 1.54) is 0 Å². The first-order valence-electron chi connectivity index (χ1n) is 7.16. The third-order valence-electron chi connectivity index (χ3n) is 3.77. The normalized spacial score (nSPS) is 21.9. The van der Waals surface area contributed by atoms with Crippen molar-refractivity contribution < 1.29 is 18.5 Å². The molecule has 118 valence electrons. The molecule has 1 aromatic carbocycles. The monoisotopic (exact) mass is 322 g/mol. The number of rotatable bonds is 3. The lowest BCUT2D eigenvalue weighted by molar-refractivity contribution is 0.0896. The Morgan fingerprint density at radius 3 is 2.82 bits per heavy atom. The molecule has 0 bridgehead atoms. The Morgan fingerprint density at radius 2 is 2.14 bits per heavy atom. The molecule has 2 heterocycles. The van der Waals surface area contributed by atoms with Crippen molar-refractivity contribution in [1.82, 2.24) is 10.2 Å². The Bertz CT molecular complexity index is 636. The number of fused-ring (bicyclic) bond motifs is 1. The van der Waals surface area contributed by atoms with E-state index in [1.54, 1.807) is 24.5 Å². The summed E-state index contributed by atoms with van der Waals surface area (Å²) in [5.41, 5.74) is 0.496. The van der Waals surface area contributed by atoms with Gasteiger partial charge in [0, 0.05) is 54.2 Å². The van der Waals surface area contributed by atoms with Gasteiger partial charge in [-0.2, -0.15) is 0 Å². The van der Waals surface area contributed by atoms with Crippen LogP contribution < -0.4 is 14.8 Å². The van der Waals surface area contributed by atoms with E-state index in [4.69, 9.17) is 9.47 Å². The number of hydrogen-bond acceptors (Lipinski definition) is 6. The van der Waals surface area contributed by atoms with Crippen LogP contribution in [0.3, 0.4) is 0 Å². The van der Waals surface area contributed by atoms with Gasteiger partial charge in [0.2, 0.25) is 0 Å². The van der Waals surface area contributed by atoms with Crippen LogP contribution in [0, 0.1) is 0 Å². The standard InChI is InChI=1S/C15H18N2O4S/c1-22(19)11-2-3-13-14(8-11)20-10-15(21-13)12(9-18)17-6-4-16-5-7-17/h2-3,8,15-16H,4-7,10H2,1H3. The quantitative estimate of drug-likeness (QED) is 0.801. The maximum absolute atomic E-state index is 11.5. The van der Waals surface area contributed by atoms with E-state index >= 15 is 0 Å². The van der Waals surface area contributed by atoms with Crippen LogP contribution in [-0.4, -0.2) is 60.2 Å². The lowest BCUT2D eigenvalue weighted by Gasteiger charge is -2.35. The molecular formula is C15H18N2O4S. The fraction of sp³-hybridized carbons (Fsp3) is 0.467. The zero-order chi connectivity index (χ0) is 15.5. The van der Waals surface area contributed by atoms with Crippen molar-refractivity contribution in [3.8, 4) is 11.5 Å². The number of piperazine rings is 1. The lowest BCUT2D eigenvalue weighted by atomic mass is 10.2. The summed E-state index contributed by atoms with van der Waals surface area (Å²) >= 11 is 0. The van der Waals surface area contributed by atoms with E-state index in [1.807, 2.05) is 10.8 Å². The molecule has 1 N–H and O–H groups in total. The molecule has 0 aromatic heterocycles. The Balaban J connectivity index is 1.78. The molecule has 6 nitrogen and oxygen atoms in total. The van der Waals surface area contributed by atoms with E-state index in [0.717, 1.165) is 26.2 Å². The first-order valence-corrected chi connectivity index (χ1v) is 8.72. The van der Waals surface area contributed by atoms with E-state index in [2.05, 4.69) is 5.32 Å². The first kappa shape index (κ1) is 15.1. The van der Waals surface area contributed by atoms with E-state index in [9.17, 15) is 9.00 Å². The molecule has 1 saturated heterocycles. The van der Waals surface area contributed by atoms with Crippen LogP contribution in [0.5, 0.6) is 11.5 Å². The van der Waals surface area contributed by atoms with E-state index in [0.29, 0.717) is 22.1 Å². The number of benzene rings is 1. The summed E-state index contributed by atoms with van der Waals surface area (Å²) < 4.78 is 23.1. The van der Waals surface area contributed by atoms with Crippen LogP contribution >= 0.6 is 0 Å². The van der Waals surface area contributed by atoms with Crippen LogP contribution in [-0.2, 0) is 15.6 Å². The van der Waals surface area contributed by atoms with Gasteiger partial charge in [-0.05, 0) is 12.1 Å². The summed E-state index contributed by atoms with van der Waals surface area (Å²) in [6.45, 7) is 3.43. The Kier molecular flexibility index (Phi) is 4.47. The van der Waals surface area contributed by atoms with Crippen LogP contribution in [0.25, 0.3) is 0 Å². The molecule has 2 aliphatic heterocycles. The number of nitrogens with zero attached hydrogens (tertiary/aromatic N) is 1. The molecule has 2 aliphatic rings. The van der Waals surface area contributed by atoms with Gasteiger partial charge in [0.05, 0.1) is 0 Å². The summed E-state index contributed by atoms with van der Waals surface area (Å²) in [7, 11) is -1.07. The maximum Gasteiger partial charge on any atom is 0.183 e. The zero-order valence-corrected chi connectivity index (χ0v) is 13.1. The van der Waals surface area contributed by atoms with Crippen molar-refractivity contribution in [2.45, 2.75) is 11.0 Å². The minimum atomic E-state index is -1.07. The van der Waals surface area contributed by atoms with E-state index < -0.39 is 16.9 Å². The van der Waals surface area contributed by atoms with Crippen molar-refractivity contribution in [1.29, 1.82) is 0 Å². The third-order valence-corrected chi connectivity index (χ3v) is 4.69. The molecule has 0 aliphatic carbocycles. The lowest BCUT2D eigenvalue weighted by Crippen LogP contribution is -2.47. The van der Waals surface area contributed by atoms with Gasteiger partial charge < -0.3 is 19.7 Å². The van der Waals surface area contributed by atoms with Crippen LogP contribution in [0.15, 0.2) is 28.8 Å². The molecule has 7 heteroatoms. The molecule has 0 amide bonds. The Morgan fingerprint density at radius 1 is 1.36 bits per heavy atom. The molecular weight excluding hydrogens is 304 g/mol. The van der Waals surface area contributed by atoms with Crippen molar-refractivity contribution in [3.63, 3.8) is 0 Å². The number of nitrogens with one attached hydrogen (secondary N) is 1. The average molecular weight is 322 g/mol. The Hall–Kier alpha value is -1.82. The topological polar surface area (TPSA) is 67.9 Å². The minimum absolute atomic E-state index is 0.251. The second kappa shape index (κ2) is 6.52. The predicted molar refractivity (Wildman–Crippen MR) is 82.3 cm³/mol.